The molecule has 0 spiro atoms. The molecular weight excluding hydrogens is 366 g/mol. The molecule has 9 heteroatoms. The smallest absolute Gasteiger partial charge is 0.237 e. The van der Waals surface area contributed by atoms with Crippen LogP contribution in [0.4, 0.5) is 5.82 Å². The molecule has 1 atom stereocenters. The third kappa shape index (κ3) is 2.15. The lowest BCUT2D eigenvalue weighted by Crippen LogP contribution is -2.46. The normalized spacial score (nSPS) is 19.7. The van der Waals surface area contributed by atoms with Gasteiger partial charge in [-0.3, -0.25) is 14.1 Å². The zero-order valence-corrected chi connectivity index (χ0v) is 16.0. The largest absolute Gasteiger partial charge is 0.342 e. The molecule has 0 radical (unpaired) electrons. The minimum atomic E-state index is -0.157. The molecule has 29 heavy (non-hydrogen) atoms. The second-order valence-electron chi connectivity index (χ2n) is 7.41. The summed E-state index contributed by atoms with van der Waals surface area (Å²) in [7, 11) is 0. The molecule has 0 unspecified atom stereocenters. The second kappa shape index (κ2) is 5.94. The van der Waals surface area contributed by atoms with Crippen LogP contribution in [0, 0.1) is 0 Å². The summed E-state index contributed by atoms with van der Waals surface area (Å²) in [6.07, 6.45) is 13.9. The Morgan fingerprint density at radius 2 is 2.10 bits per heavy atom. The Bertz CT molecular complexity index is 1200. The summed E-state index contributed by atoms with van der Waals surface area (Å²) >= 11 is 0. The van der Waals surface area contributed by atoms with Crippen LogP contribution in [0.3, 0.4) is 0 Å². The lowest BCUT2D eigenvalue weighted by Gasteiger charge is -2.42. The molecule has 0 aromatic carbocycles. The van der Waals surface area contributed by atoms with Crippen LogP contribution >= 0.6 is 0 Å². The van der Waals surface area contributed by atoms with Crippen molar-refractivity contribution >= 4 is 5.82 Å². The Kier molecular flexibility index (Phi) is 3.35. The summed E-state index contributed by atoms with van der Waals surface area (Å²) < 4.78 is 3.95. The van der Waals surface area contributed by atoms with Gasteiger partial charge in [-0.15, -0.1) is 10.2 Å². The van der Waals surface area contributed by atoms with E-state index in [4.69, 9.17) is 4.98 Å². The van der Waals surface area contributed by atoms with Crippen LogP contribution in [0.25, 0.3) is 23.0 Å². The minimum Gasteiger partial charge on any atom is -0.342 e. The molecule has 1 fully saturated rings. The molecule has 0 aliphatic carbocycles. The molecule has 0 saturated carbocycles. The van der Waals surface area contributed by atoms with Crippen molar-refractivity contribution < 1.29 is 0 Å². The Labute approximate surface area is 167 Å². The molecule has 4 aromatic heterocycles. The van der Waals surface area contributed by atoms with Gasteiger partial charge in [-0.05, 0) is 31.4 Å². The van der Waals surface area contributed by atoms with Gasteiger partial charge in [0.2, 0.25) is 5.95 Å². The molecule has 0 bridgehead atoms. The summed E-state index contributed by atoms with van der Waals surface area (Å²) in [6.45, 7) is 3.16. The Morgan fingerprint density at radius 3 is 2.97 bits per heavy atom. The lowest BCUT2D eigenvalue weighted by atomic mass is 9.90. The van der Waals surface area contributed by atoms with E-state index < -0.39 is 0 Å². The van der Waals surface area contributed by atoms with E-state index >= 15 is 0 Å². The van der Waals surface area contributed by atoms with Crippen molar-refractivity contribution in [1.29, 1.82) is 0 Å². The molecule has 4 aromatic rings. The van der Waals surface area contributed by atoms with E-state index in [9.17, 15) is 0 Å². The number of fused-ring (bicyclic) bond motifs is 6. The van der Waals surface area contributed by atoms with E-state index in [1.165, 1.54) is 0 Å². The molecule has 0 amide bonds. The van der Waals surface area contributed by atoms with Crippen LogP contribution in [-0.4, -0.2) is 45.8 Å². The van der Waals surface area contributed by atoms with E-state index in [1.54, 1.807) is 24.9 Å². The highest BCUT2D eigenvalue weighted by atomic mass is 15.4. The van der Waals surface area contributed by atoms with E-state index in [1.807, 2.05) is 33.7 Å². The minimum absolute atomic E-state index is 0.157. The predicted molar refractivity (Wildman–Crippen MR) is 106 cm³/mol. The molecule has 0 N–H and O–H groups in total. The summed E-state index contributed by atoms with van der Waals surface area (Å²) in [5, 5.41) is 8.65. The van der Waals surface area contributed by atoms with E-state index in [2.05, 4.69) is 37.0 Å². The summed E-state index contributed by atoms with van der Waals surface area (Å²) in [4.78, 5) is 20.7. The maximum absolute atomic E-state index is 5.00. The number of aromatic nitrogens is 8. The van der Waals surface area contributed by atoms with Crippen LogP contribution in [0.1, 0.15) is 32.0 Å². The van der Waals surface area contributed by atoms with Crippen molar-refractivity contribution in [3.05, 3.63) is 55.3 Å². The Morgan fingerprint density at radius 1 is 1.14 bits per heavy atom. The monoisotopic (exact) mass is 385 g/mol. The zero-order chi connectivity index (χ0) is 19.4. The molecule has 2 aliphatic heterocycles. The van der Waals surface area contributed by atoms with Gasteiger partial charge in [0.25, 0.3) is 0 Å². The topological polar surface area (TPSA) is 90.4 Å². The van der Waals surface area contributed by atoms with Crippen LogP contribution in [0.15, 0.2) is 49.4 Å². The van der Waals surface area contributed by atoms with Crippen molar-refractivity contribution in [1.82, 2.24) is 39.3 Å². The van der Waals surface area contributed by atoms with Gasteiger partial charge in [0.1, 0.15) is 23.4 Å². The van der Waals surface area contributed by atoms with Crippen LogP contribution < -0.4 is 4.90 Å². The number of rotatable bonds is 3. The molecule has 6 rings (SSSR count). The van der Waals surface area contributed by atoms with Crippen LogP contribution in [0.5, 0.6) is 0 Å². The Balaban J connectivity index is 1.54. The van der Waals surface area contributed by atoms with Gasteiger partial charge in [-0.2, -0.15) is 4.98 Å². The third-order valence-electron chi connectivity index (χ3n) is 6.07. The Hall–Kier alpha value is -3.62. The van der Waals surface area contributed by atoms with E-state index in [0.29, 0.717) is 5.95 Å². The maximum atomic E-state index is 5.00. The average Bonchev–Trinajstić information content (AvgIpc) is 3.53. The molecule has 9 nitrogen and oxygen atoms in total. The lowest BCUT2D eigenvalue weighted by molar-refractivity contribution is 0.382. The predicted octanol–water partition coefficient (Wildman–Crippen LogP) is 2.52. The fourth-order valence-corrected chi connectivity index (χ4v) is 4.69. The second-order valence-corrected chi connectivity index (χ2v) is 7.41. The summed E-state index contributed by atoms with van der Waals surface area (Å²) in [5.41, 5.74) is 1.68. The van der Waals surface area contributed by atoms with Crippen molar-refractivity contribution in [2.24, 2.45) is 0 Å². The average molecular weight is 385 g/mol. The molecular formula is C20H19N9. The van der Waals surface area contributed by atoms with E-state index in [-0.39, 0.29) is 5.54 Å². The standard InChI is InChI=1S/C20H19N9/c1-2-20-6-4-9-29(20)17-15(28-13-24-26-18(20)28)12-23-19(25-17)27-10-8-22-16(27)14-5-3-7-21-11-14/h3,5,7-8,10-13H,2,4,6,9H2,1H3/t20-/m0/s1. The number of pyridine rings is 1. The first kappa shape index (κ1) is 16.3. The summed E-state index contributed by atoms with van der Waals surface area (Å²) in [5.74, 6) is 3.27. The van der Waals surface area contributed by atoms with Gasteiger partial charge >= 0.3 is 0 Å². The maximum Gasteiger partial charge on any atom is 0.237 e. The van der Waals surface area contributed by atoms with Crippen molar-refractivity contribution in [2.75, 3.05) is 11.4 Å². The SMILES string of the molecule is CC[C@@]12CCCN1c1nc(-n3ccnc3-c3cccnc3)ncc1-n1cnnc12. The zero-order valence-electron chi connectivity index (χ0n) is 16.0. The van der Waals surface area contributed by atoms with Gasteiger partial charge in [-0.25, -0.2) is 9.97 Å². The quantitative estimate of drug-likeness (QED) is 0.535. The van der Waals surface area contributed by atoms with Crippen molar-refractivity contribution in [2.45, 2.75) is 31.7 Å². The molecule has 144 valence electrons. The van der Waals surface area contributed by atoms with Crippen LogP contribution in [-0.2, 0) is 5.54 Å². The van der Waals surface area contributed by atoms with Crippen molar-refractivity contribution in [3.63, 3.8) is 0 Å². The first-order valence-corrected chi connectivity index (χ1v) is 9.81. The van der Waals surface area contributed by atoms with Crippen LogP contribution in [0.2, 0.25) is 0 Å². The van der Waals surface area contributed by atoms with Gasteiger partial charge in [0.15, 0.2) is 11.6 Å². The number of imidazole rings is 1. The molecule has 6 heterocycles. The highest BCUT2D eigenvalue weighted by molar-refractivity contribution is 5.65. The number of nitrogens with zero attached hydrogens (tertiary/aromatic N) is 9. The van der Waals surface area contributed by atoms with Gasteiger partial charge in [0.05, 0.1) is 6.20 Å². The fraction of sp³-hybridized carbons (Fsp3) is 0.300. The first-order chi connectivity index (χ1) is 14.3. The number of hydrogen-bond donors (Lipinski definition) is 0. The summed E-state index contributed by atoms with van der Waals surface area (Å²) in [6, 6.07) is 3.88. The third-order valence-corrected chi connectivity index (χ3v) is 6.07. The van der Waals surface area contributed by atoms with E-state index in [0.717, 1.165) is 54.5 Å². The number of anilines is 1. The first-order valence-electron chi connectivity index (χ1n) is 9.81. The van der Waals surface area contributed by atoms with Crippen molar-refractivity contribution in [3.8, 4) is 23.0 Å². The van der Waals surface area contributed by atoms with Gasteiger partial charge in [0, 0.05) is 36.9 Å². The van der Waals surface area contributed by atoms with Gasteiger partial charge in [-0.1, -0.05) is 6.92 Å². The fourth-order valence-electron chi connectivity index (χ4n) is 4.69. The molecule has 1 saturated heterocycles. The highest BCUT2D eigenvalue weighted by Crippen LogP contribution is 2.48. The highest BCUT2D eigenvalue weighted by Gasteiger charge is 2.49. The van der Waals surface area contributed by atoms with Gasteiger partial charge < -0.3 is 4.90 Å². The molecule has 2 aliphatic rings. The number of hydrogen-bond acceptors (Lipinski definition) is 7.